The maximum atomic E-state index is 5.58. The van der Waals surface area contributed by atoms with Crippen LogP contribution in [0, 0.1) is 0 Å². The van der Waals surface area contributed by atoms with Crippen molar-refractivity contribution in [2.24, 2.45) is 0 Å². The fraction of sp³-hybridized carbons (Fsp3) is 1.00. The van der Waals surface area contributed by atoms with Crippen LogP contribution in [0.15, 0.2) is 0 Å². The number of ether oxygens (including phenoxy) is 2. The molecule has 1 rings (SSSR count). The zero-order valence-corrected chi connectivity index (χ0v) is 7.90. The molecule has 1 heterocycles. The summed E-state index contributed by atoms with van der Waals surface area (Å²) in [5.74, 6) is 0.540. The Morgan fingerprint density at radius 2 is 2.50 bits per heavy atom. The second-order valence-electron chi connectivity index (χ2n) is 2.22. The molecule has 10 heavy (non-hydrogen) atoms. The van der Waals surface area contributed by atoms with Crippen molar-refractivity contribution < 1.29 is 9.47 Å². The summed E-state index contributed by atoms with van der Waals surface area (Å²) >= 11 is 8.87. The minimum absolute atomic E-state index is 0.130. The van der Waals surface area contributed by atoms with Crippen molar-refractivity contribution in [2.45, 2.75) is 12.2 Å². The van der Waals surface area contributed by atoms with Crippen LogP contribution in [0.1, 0.15) is 0 Å². The maximum Gasteiger partial charge on any atom is 0.104 e. The van der Waals surface area contributed by atoms with Gasteiger partial charge in [-0.2, -0.15) is 0 Å². The van der Waals surface area contributed by atoms with Gasteiger partial charge in [0.2, 0.25) is 0 Å². The van der Waals surface area contributed by atoms with Crippen molar-refractivity contribution in [2.75, 3.05) is 24.4 Å². The predicted molar refractivity (Wildman–Crippen MR) is 44.0 cm³/mol. The van der Waals surface area contributed by atoms with E-state index in [1.165, 1.54) is 0 Å². The van der Waals surface area contributed by atoms with Gasteiger partial charge in [-0.05, 0) is 0 Å². The van der Waals surface area contributed by atoms with E-state index >= 15 is 0 Å². The van der Waals surface area contributed by atoms with Crippen LogP contribution in [-0.2, 0) is 9.47 Å². The molecule has 0 bridgehead atoms. The molecule has 1 fully saturated rings. The third-order valence-electron chi connectivity index (χ3n) is 1.26. The molecule has 1 aliphatic rings. The molecule has 0 saturated carbocycles. The second kappa shape index (κ2) is 4.54. The van der Waals surface area contributed by atoms with Crippen LogP contribution in [0.25, 0.3) is 0 Å². The first-order valence-electron chi connectivity index (χ1n) is 3.22. The van der Waals surface area contributed by atoms with E-state index in [0.29, 0.717) is 18.6 Å². The van der Waals surface area contributed by atoms with Gasteiger partial charge in [0.15, 0.2) is 0 Å². The number of alkyl halides is 2. The molecule has 0 aromatic carbocycles. The van der Waals surface area contributed by atoms with Crippen molar-refractivity contribution in [3.8, 4) is 0 Å². The molecule has 60 valence electrons. The van der Waals surface area contributed by atoms with Crippen LogP contribution in [0.5, 0.6) is 0 Å². The summed E-state index contributed by atoms with van der Waals surface area (Å²) in [4.78, 5) is 0. The Balaban J connectivity index is 1.97. The van der Waals surface area contributed by atoms with Gasteiger partial charge >= 0.3 is 0 Å². The molecular weight excluding hydrogens is 219 g/mol. The van der Waals surface area contributed by atoms with Gasteiger partial charge in [-0.3, -0.25) is 0 Å². The molecule has 0 N–H and O–H groups in total. The molecule has 0 spiro atoms. The van der Waals surface area contributed by atoms with Gasteiger partial charge in [0.25, 0.3) is 0 Å². The third kappa shape index (κ3) is 3.19. The maximum absolute atomic E-state index is 5.58. The summed E-state index contributed by atoms with van der Waals surface area (Å²) in [5, 5.41) is 0.795. The molecule has 0 aromatic rings. The van der Waals surface area contributed by atoms with E-state index in [1.807, 2.05) is 0 Å². The Morgan fingerprint density at radius 1 is 1.80 bits per heavy atom. The summed E-state index contributed by atoms with van der Waals surface area (Å²) in [6.45, 7) is 1.53. The molecule has 4 heteroatoms. The molecule has 0 aliphatic carbocycles. The molecule has 1 aliphatic heterocycles. The Bertz CT molecular complexity index is 93.7. The van der Waals surface area contributed by atoms with E-state index in [2.05, 4.69) is 15.9 Å². The number of halogens is 2. The highest BCUT2D eigenvalue weighted by atomic mass is 79.9. The summed E-state index contributed by atoms with van der Waals surface area (Å²) in [7, 11) is 0. The third-order valence-corrected chi connectivity index (χ3v) is 2.33. The minimum atomic E-state index is 0.130. The number of epoxide rings is 1. The lowest BCUT2D eigenvalue weighted by molar-refractivity contribution is 0.0718. The van der Waals surface area contributed by atoms with E-state index in [0.717, 1.165) is 11.9 Å². The van der Waals surface area contributed by atoms with Crippen molar-refractivity contribution in [3.63, 3.8) is 0 Å². The van der Waals surface area contributed by atoms with Gasteiger partial charge in [-0.15, -0.1) is 11.6 Å². The highest BCUT2D eigenvalue weighted by Gasteiger charge is 2.23. The lowest BCUT2D eigenvalue weighted by Crippen LogP contribution is -2.19. The van der Waals surface area contributed by atoms with Crippen LogP contribution >= 0.6 is 27.5 Å². The Kier molecular flexibility index (Phi) is 3.99. The van der Waals surface area contributed by atoms with Gasteiger partial charge in [0, 0.05) is 11.2 Å². The first-order valence-corrected chi connectivity index (χ1v) is 4.87. The van der Waals surface area contributed by atoms with E-state index < -0.39 is 0 Å². The normalized spacial score (nSPS) is 26.4. The highest BCUT2D eigenvalue weighted by molar-refractivity contribution is 9.09. The Hall–Kier alpha value is 0.690. The van der Waals surface area contributed by atoms with Crippen molar-refractivity contribution in [1.82, 2.24) is 0 Å². The highest BCUT2D eigenvalue weighted by Crippen LogP contribution is 2.11. The van der Waals surface area contributed by atoms with E-state index in [4.69, 9.17) is 21.1 Å². The number of hydrogen-bond donors (Lipinski definition) is 0. The predicted octanol–water partition coefficient (Wildman–Crippen LogP) is 1.40. The van der Waals surface area contributed by atoms with E-state index in [9.17, 15) is 0 Å². The Labute approximate surface area is 74.0 Å². The van der Waals surface area contributed by atoms with Crippen LogP contribution in [-0.4, -0.2) is 36.6 Å². The largest absolute Gasteiger partial charge is 0.373 e. The Morgan fingerprint density at radius 3 is 2.90 bits per heavy atom. The molecular formula is C6H10BrClO2. The lowest BCUT2D eigenvalue weighted by Gasteiger charge is -2.09. The minimum Gasteiger partial charge on any atom is -0.373 e. The first-order chi connectivity index (χ1) is 4.86. The fourth-order valence-corrected chi connectivity index (χ4v) is 1.42. The summed E-state index contributed by atoms with van der Waals surface area (Å²) in [6, 6.07) is 0. The SMILES string of the molecule is ClCC(CBr)OCC1CO1. The molecule has 1 saturated heterocycles. The molecule has 2 unspecified atom stereocenters. The molecule has 0 aromatic heterocycles. The first kappa shape index (κ1) is 8.78. The van der Waals surface area contributed by atoms with E-state index in [-0.39, 0.29) is 6.10 Å². The monoisotopic (exact) mass is 228 g/mol. The van der Waals surface area contributed by atoms with Gasteiger partial charge < -0.3 is 9.47 Å². The molecule has 0 radical (unpaired) electrons. The molecule has 2 atom stereocenters. The zero-order valence-electron chi connectivity index (χ0n) is 5.56. The van der Waals surface area contributed by atoms with Gasteiger partial charge in [-0.25, -0.2) is 0 Å². The fourth-order valence-electron chi connectivity index (χ4n) is 0.538. The van der Waals surface area contributed by atoms with Crippen molar-refractivity contribution in [1.29, 1.82) is 0 Å². The quantitative estimate of drug-likeness (QED) is 0.525. The summed E-state index contributed by atoms with van der Waals surface area (Å²) < 4.78 is 10.3. The van der Waals surface area contributed by atoms with Gasteiger partial charge in [-0.1, -0.05) is 15.9 Å². The average molecular weight is 230 g/mol. The smallest absolute Gasteiger partial charge is 0.104 e. The van der Waals surface area contributed by atoms with E-state index in [1.54, 1.807) is 0 Å². The molecule has 0 amide bonds. The zero-order chi connectivity index (χ0) is 7.40. The van der Waals surface area contributed by atoms with Crippen LogP contribution < -0.4 is 0 Å². The summed E-state index contributed by atoms with van der Waals surface area (Å²) in [5.41, 5.74) is 0. The van der Waals surface area contributed by atoms with Gasteiger partial charge in [0.1, 0.15) is 6.10 Å². The van der Waals surface area contributed by atoms with Crippen molar-refractivity contribution in [3.05, 3.63) is 0 Å². The standard InChI is InChI=1S/C6H10BrClO2/c7-1-5(2-8)9-3-6-4-10-6/h5-6H,1-4H2. The second-order valence-corrected chi connectivity index (χ2v) is 3.18. The van der Waals surface area contributed by atoms with Crippen LogP contribution in [0.4, 0.5) is 0 Å². The lowest BCUT2D eigenvalue weighted by atomic mass is 10.4. The number of rotatable bonds is 5. The van der Waals surface area contributed by atoms with Crippen LogP contribution in [0.2, 0.25) is 0 Å². The van der Waals surface area contributed by atoms with Crippen molar-refractivity contribution >= 4 is 27.5 Å². The van der Waals surface area contributed by atoms with Crippen LogP contribution in [0.3, 0.4) is 0 Å². The van der Waals surface area contributed by atoms with Gasteiger partial charge in [0.05, 0.1) is 19.3 Å². The summed E-state index contributed by atoms with van der Waals surface area (Å²) in [6.07, 6.45) is 0.468. The topological polar surface area (TPSA) is 21.8 Å². The average Bonchev–Trinajstić information content (AvgIpc) is 2.74. The molecule has 2 nitrogen and oxygen atoms in total. The number of hydrogen-bond acceptors (Lipinski definition) is 2.